The fourth-order valence-corrected chi connectivity index (χ4v) is 3.37. The smallest absolute Gasteiger partial charge is 0.314 e. The van der Waals surface area contributed by atoms with Gasteiger partial charge in [-0.2, -0.15) is 0 Å². The lowest BCUT2D eigenvalue weighted by atomic mass is 10.1. The van der Waals surface area contributed by atoms with E-state index >= 15 is 0 Å². The summed E-state index contributed by atoms with van der Waals surface area (Å²) in [5.74, 6) is -0.639. The lowest BCUT2D eigenvalue weighted by molar-refractivity contribution is -0.535. The number of thioether (sulfide) groups is 1. The number of nitrogens with zero attached hydrogens (tertiary/aromatic N) is 1. The second kappa shape index (κ2) is 7.70. The maximum absolute atomic E-state index is 10.8. The molecule has 0 atom stereocenters. The highest BCUT2D eigenvalue weighted by Gasteiger charge is 2.20. The Bertz CT molecular complexity index is 491. The molecule has 20 heavy (non-hydrogen) atoms. The molecular formula is C15H19ClNO2S+. The number of carboxylic acid groups (broad SMARTS) is 1. The highest BCUT2D eigenvalue weighted by Crippen LogP contribution is 2.16. The summed E-state index contributed by atoms with van der Waals surface area (Å²) in [6.07, 6.45) is 4.44. The number of hydrogen-bond acceptors (Lipinski definition) is 2. The lowest BCUT2D eigenvalue weighted by Gasteiger charge is -2.14. The van der Waals surface area contributed by atoms with Gasteiger partial charge in [-0.15, -0.1) is 0 Å². The molecule has 1 aromatic rings. The molecule has 1 heterocycles. The zero-order chi connectivity index (χ0) is 14.4. The third kappa shape index (κ3) is 4.84. The van der Waals surface area contributed by atoms with Gasteiger partial charge in [0, 0.05) is 17.9 Å². The van der Waals surface area contributed by atoms with Crippen molar-refractivity contribution in [2.24, 2.45) is 0 Å². The SMILES string of the molecule is O=C(O)CSC(Cc1ccc(Cl)cc1)=[N+]1CCCCC1. The molecule has 0 aliphatic carbocycles. The van der Waals surface area contributed by atoms with Crippen molar-refractivity contribution >= 4 is 34.4 Å². The summed E-state index contributed by atoms with van der Waals surface area (Å²) >= 11 is 7.34. The number of halogens is 1. The van der Waals surface area contributed by atoms with E-state index in [2.05, 4.69) is 4.58 Å². The van der Waals surface area contributed by atoms with Crippen LogP contribution in [0, 0.1) is 0 Å². The van der Waals surface area contributed by atoms with Crippen molar-refractivity contribution in [3.8, 4) is 0 Å². The molecule has 1 saturated heterocycles. The summed E-state index contributed by atoms with van der Waals surface area (Å²) in [5.41, 5.74) is 1.17. The summed E-state index contributed by atoms with van der Waals surface area (Å²) in [5, 5.41) is 10.8. The molecule has 0 aromatic heterocycles. The monoisotopic (exact) mass is 312 g/mol. The van der Waals surface area contributed by atoms with Crippen molar-refractivity contribution in [2.75, 3.05) is 18.8 Å². The van der Waals surface area contributed by atoms with Gasteiger partial charge in [0.1, 0.15) is 18.8 Å². The quantitative estimate of drug-likeness (QED) is 0.685. The van der Waals surface area contributed by atoms with Gasteiger partial charge in [0.2, 0.25) is 5.04 Å². The van der Waals surface area contributed by atoms with E-state index in [0.29, 0.717) is 0 Å². The molecule has 1 N–H and O–H groups in total. The number of piperidine rings is 1. The van der Waals surface area contributed by atoms with E-state index in [1.165, 1.54) is 36.6 Å². The van der Waals surface area contributed by atoms with Crippen LogP contribution in [0.2, 0.25) is 5.02 Å². The Morgan fingerprint density at radius 2 is 1.85 bits per heavy atom. The van der Waals surface area contributed by atoms with Crippen LogP contribution < -0.4 is 0 Å². The maximum atomic E-state index is 10.8. The van der Waals surface area contributed by atoms with E-state index in [4.69, 9.17) is 16.7 Å². The average Bonchev–Trinajstić information content (AvgIpc) is 2.46. The van der Waals surface area contributed by atoms with Gasteiger partial charge in [-0.3, -0.25) is 4.79 Å². The van der Waals surface area contributed by atoms with Crippen LogP contribution in [0.5, 0.6) is 0 Å². The minimum Gasteiger partial charge on any atom is -0.481 e. The van der Waals surface area contributed by atoms with Gasteiger partial charge < -0.3 is 5.11 Å². The maximum Gasteiger partial charge on any atom is 0.314 e. The van der Waals surface area contributed by atoms with Crippen molar-refractivity contribution in [1.29, 1.82) is 0 Å². The van der Waals surface area contributed by atoms with Crippen molar-refractivity contribution < 1.29 is 14.5 Å². The number of aliphatic carboxylic acids is 1. The van der Waals surface area contributed by atoms with E-state index in [-0.39, 0.29) is 5.75 Å². The van der Waals surface area contributed by atoms with Gasteiger partial charge in [0.25, 0.3) is 0 Å². The zero-order valence-corrected chi connectivity index (χ0v) is 12.9. The number of rotatable bonds is 4. The third-order valence-electron chi connectivity index (χ3n) is 3.34. The molecule has 0 spiro atoms. The largest absolute Gasteiger partial charge is 0.481 e. The predicted octanol–water partition coefficient (Wildman–Crippen LogP) is 3.30. The van der Waals surface area contributed by atoms with Gasteiger partial charge >= 0.3 is 5.97 Å². The Morgan fingerprint density at radius 1 is 1.20 bits per heavy atom. The van der Waals surface area contributed by atoms with Crippen molar-refractivity contribution in [2.45, 2.75) is 25.7 Å². The second-order valence-corrected chi connectivity index (χ2v) is 6.41. The van der Waals surface area contributed by atoms with Crippen LogP contribution in [0.15, 0.2) is 24.3 Å². The molecule has 108 valence electrons. The van der Waals surface area contributed by atoms with E-state index < -0.39 is 5.97 Å². The number of hydrogen-bond donors (Lipinski definition) is 1. The first-order valence-corrected chi connectivity index (χ1v) is 8.21. The minimum atomic E-state index is -0.763. The van der Waals surface area contributed by atoms with Gasteiger partial charge in [-0.05, 0) is 24.1 Å². The summed E-state index contributed by atoms with van der Waals surface area (Å²) in [7, 11) is 0. The highest BCUT2D eigenvalue weighted by atomic mass is 35.5. The van der Waals surface area contributed by atoms with Gasteiger partial charge in [0.05, 0.1) is 6.42 Å². The first kappa shape index (κ1) is 15.4. The minimum absolute atomic E-state index is 0.124. The van der Waals surface area contributed by atoms with Crippen molar-refractivity contribution in [3.63, 3.8) is 0 Å². The van der Waals surface area contributed by atoms with Crippen LogP contribution in [0.3, 0.4) is 0 Å². The lowest BCUT2D eigenvalue weighted by Crippen LogP contribution is -2.27. The molecular weight excluding hydrogens is 294 g/mol. The third-order valence-corrected chi connectivity index (χ3v) is 4.72. The molecule has 0 saturated carbocycles. The van der Waals surface area contributed by atoms with Crippen molar-refractivity contribution in [3.05, 3.63) is 34.9 Å². The molecule has 1 fully saturated rings. The van der Waals surface area contributed by atoms with Crippen LogP contribution in [0.4, 0.5) is 0 Å². The molecule has 3 nitrogen and oxygen atoms in total. The van der Waals surface area contributed by atoms with Crippen LogP contribution in [-0.4, -0.2) is 39.5 Å². The standard InChI is InChI=1S/C15H18ClNO2S/c16-13-6-4-12(5-7-13)10-14(20-11-15(18)19)17-8-2-1-3-9-17/h4-7H,1-3,8-11H2/p+1. The van der Waals surface area contributed by atoms with E-state index in [9.17, 15) is 4.79 Å². The topological polar surface area (TPSA) is 40.3 Å². The fraction of sp³-hybridized carbons (Fsp3) is 0.467. The molecule has 1 aliphatic heterocycles. The van der Waals surface area contributed by atoms with E-state index in [1.807, 2.05) is 24.3 Å². The van der Waals surface area contributed by atoms with Crippen LogP contribution in [-0.2, 0) is 11.2 Å². The van der Waals surface area contributed by atoms with Crippen LogP contribution >= 0.6 is 23.4 Å². The number of benzene rings is 1. The number of carboxylic acids is 1. The predicted molar refractivity (Wildman–Crippen MR) is 84.1 cm³/mol. The first-order valence-electron chi connectivity index (χ1n) is 6.85. The molecule has 5 heteroatoms. The summed E-state index contributed by atoms with van der Waals surface area (Å²) in [6.45, 7) is 2.07. The van der Waals surface area contributed by atoms with E-state index in [0.717, 1.165) is 29.6 Å². The zero-order valence-electron chi connectivity index (χ0n) is 11.3. The van der Waals surface area contributed by atoms with Gasteiger partial charge in [0.15, 0.2) is 0 Å². The Balaban J connectivity index is 2.12. The van der Waals surface area contributed by atoms with Crippen LogP contribution in [0.25, 0.3) is 0 Å². The summed E-state index contributed by atoms with van der Waals surface area (Å²) < 4.78 is 2.34. The first-order chi connectivity index (χ1) is 9.65. The Hall–Kier alpha value is -1.00. The Morgan fingerprint density at radius 3 is 2.45 bits per heavy atom. The van der Waals surface area contributed by atoms with Gasteiger partial charge in [-0.25, -0.2) is 4.58 Å². The second-order valence-electron chi connectivity index (χ2n) is 4.93. The molecule has 2 rings (SSSR count). The van der Waals surface area contributed by atoms with Crippen molar-refractivity contribution in [1.82, 2.24) is 0 Å². The number of carbonyl (C=O) groups is 1. The average molecular weight is 313 g/mol. The summed E-state index contributed by atoms with van der Waals surface area (Å²) in [6, 6.07) is 7.78. The fourth-order valence-electron chi connectivity index (χ4n) is 2.32. The summed E-state index contributed by atoms with van der Waals surface area (Å²) in [4.78, 5) is 10.8. The molecule has 0 radical (unpaired) electrons. The van der Waals surface area contributed by atoms with E-state index in [1.54, 1.807) is 0 Å². The highest BCUT2D eigenvalue weighted by molar-refractivity contribution is 8.14. The van der Waals surface area contributed by atoms with Gasteiger partial charge in [-0.1, -0.05) is 35.5 Å². The molecule has 0 unspecified atom stereocenters. The normalized spacial score (nSPS) is 15.2. The Kier molecular flexibility index (Phi) is 5.92. The molecule has 0 amide bonds. The molecule has 1 aromatic carbocycles. The Labute approximate surface area is 128 Å². The van der Waals surface area contributed by atoms with Crippen LogP contribution in [0.1, 0.15) is 24.8 Å². The molecule has 1 aliphatic rings. The molecule has 0 bridgehead atoms.